The fourth-order valence-corrected chi connectivity index (χ4v) is 3.59. The van der Waals surface area contributed by atoms with Gasteiger partial charge in [0, 0.05) is 18.8 Å². The lowest BCUT2D eigenvalue weighted by Crippen LogP contribution is -2.21. The van der Waals surface area contributed by atoms with Crippen LogP contribution in [0.5, 0.6) is 0 Å². The van der Waals surface area contributed by atoms with E-state index in [1.165, 1.54) is 11.1 Å². The van der Waals surface area contributed by atoms with Crippen LogP contribution < -0.4 is 0 Å². The van der Waals surface area contributed by atoms with Gasteiger partial charge in [0.15, 0.2) is 0 Å². The second kappa shape index (κ2) is 10.1. The van der Waals surface area contributed by atoms with E-state index in [-0.39, 0.29) is 24.0 Å². The van der Waals surface area contributed by atoms with Gasteiger partial charge < -0.3 is 5.11 Å². The van der Waals surface area contributed by atoms with Gasteiger partial charge in [-0.25, -0.2) is 0 Å². The van der Waals surface area contributed by atoms with Gasteiger partial charge in [0.05, 0.1) is 0 Å². The SMILES string of the molecule is CC(CC(=O)O)CC(=O)C(CCc1ccccc1)CC1=CC=CCC1C. The molecule has 0 aromatic heterocycles. The lowest BCUT2D eigenvalue weighted by atomic mass is 9.80. The molecule has 0 fully saturated rings. The molecule has 3 unspecified atom stereocenters. The number of carbonyl (C=O) groups excluding carboxylic acids is 1. The molecule has 0 heterocycles. The Morgan fingerprint density at radius 2 is 1.92 bits per heavy atom. The Balaban J connectivity index is 2.04. The van der Waals surface area contributed by atoms with Gasteiger partial charge in [-0.3, -0.25) is 9.59 Å². The third-order valence-corrected chi connectivity index (χ3v) is 5.20. The first kappa shape index (κ1) is 20.2. The summed E-state index contributed by atoms with van der Waals surface area (Å²) in [5, 5.41) is 8.96. The van der Waals surface area contributed by atoms with Crippen molar-refractivity contribution in [2.75, 3.05) is 0 Å². The molecule has 3 nitrogen and oxygen atoms in total. The molecule has 0 amide bonds. The molecule has 0 aliphatic heterocycles. The topological polar surface area (TPSA) is 54.4 Å². The molecular weight excluding hydrogens is 324 g/mol. The molecule has 0 bridgehead atoms. The number of hydrogen-bond acceptors (Lipinski definition) is 2. The highest BCUT2D eigenvalue weighted by Crippen LogP contribution is 2.30. The average molecular weight is 354 g/mol. The summed E-state index contributed by atoms with van der Waals surface area (Å²) in [6.07, 6.45) is 10.3. The van der Waals surface area contributed by atoms with Crippen molar-refractivity contribution < 1.29 is 14.7 Å². The van der Waals surface area contributed by atoms with Crippen LogP contribution in [0.1, 0.15) is 51.5 Å². The summed E-state index contributed by atoms with van der Waals surface area (Å²) < 4.78 is 0. The van der Waals surface area contributed by atoms with Crippen molar-refractivity contribution in [3.63, 3.8) is 0 Å². The van der Waals surface area contributed by atoms with Crippen LogP contribution in [0.2, 0.25) is 0 Å². The summed E-state index contributed by atoms with van der Waals surface area (Å²) in [4.78, 5) is 23.8. The minimum absolute atomic E-state index is 0.0355. The quantitative estimate of drug-likeness (QED) is 0.627. The molecule has 0 radical (unpaired) electrons. The fourth-order valence-electron chi connectivity index (χ4n) is 3.59. The summed E-state index contributed by atoms with van der Waals surface area (Å²) >= 11 is 0. The maximum atomic E-state index is 12.9. The molecular formula is C23H30O3. The van der Waals surface area contributed by atoms with Crippen LogP contribution in [0.3, 0.4) is 0 Å². The van der Waals surface area contributed by atoms with Crippen LogP contribution in [-0.4, -0.2) is 16.9 Å². The number of ketones is 1. The minimum atomic E-state index is -0.833. The van der Waals surface area contributed by atoms with E-state index in [9.17, 15) is 9.59 Å². The van der Waals surface area contributed by atoms with Gasteiger partial charge in [-0.15, -0.1) is 0 Å². The highest BCUT2D eigenvalue weighted by molar-refractivity contribution is 5.82. The van der Waals surface area contributed by atoms with Gasteiger partial charge in [0.25, 0.3) is 0 Å². The van der Waals surface area contributed by atoms with Crippen molar-refractivity contribution in [2.24, 2.45) is 17.8 Å². The molecule has 1 aliphatic rings. The predicted octanol–water partition coefficient (Wildman–Crippen LogP) is 5.22. The summed E-state index contributed by atoms with van der Waals surface area (Å²) in [7, 11) is 0. The number of carbonyl (C=O) groups is 2. The van der Waals surface area contributed by atoms with E-state index in [1.54, 1.807) is 0 Å². The zero-order valence-electron chi connectivity index (χ0n) is 15.9. The van der Waals surface area contributed by atoms with Gasteiger partial charge in [0.2, 0.25) is 0 Å². The Labute approximate surface area is 156 Å². The molecule has 2 rings (SSSR count). The van der Waals surface area contributed by atoms with Crippen LogP contribution in [0.15, 0.2) is 54.1 Å². The molecule has 1 aromatic rings. The third-order valence-electron chi connectivity index (χ3n) is 5.20. The Hall–Kier alpha value is -2.16. The van der Waals surface area contributed by atoms with E-state index in [2.05, 4.69) is 37.3 Å². The average Bonchev–Trinajstić information content (AvgIpc) is 2.60. The molecule has 3 atom stereocenters. The van der Waals surface area contributed by atoms with Gasteiger partial charge >= 0.3 is 5.97 Å². The lowest BCUT2D eigenvalue weighted by molar-refractivity contribution is -0.138. The summed E-state index contributed by atoms with van der Waals surface area (Å²) in [6, 6.07) is 10.2. The first-order valence-electron chi connectivity index (χ1n) is 9.59. The summed E-state index contributed by atoms with van der Waals surface area (Å²) in [5.41, 5.74) is 2.58. The Bertz CT molecular complexity index is 657. The van der Waals surface area contributed by atoms with Gasteiger partial charge in [-0.2, -0.15) is 0 Å². The zero-order valence-corrected chi connectivity index (χ0v) is 15.9. The number of carboxylic acid groups (broad SMARTS) is 1. The van der Waals surface area contributed by atoms with Crippen molar-refractivity contribution >= 4 is 11.8 Å². The number of aliphatic carboxylic acids is 1. The van der Waals surface area contributed by atoms with Crippen LogP contribution in [0.25, 0.3) is 0 Å². The number of allylic oxidation sites excluding steroid dienone is 4. The second-order valence-electron chi connectivity index (χ2n) is 7.61. The maximum absolute atomic E-state index is 12.9. The van der Waals surface area contributed by atoms with Crippen molar-refractivity contribution in [1.29, 1.82) is 0 Å². The fraction of sp³-hybridized carbons (Fsp3) is 0.478. The first-order valence-corrected chi connectivity index (χ1v) is 9.59. The number of Topliss-reactive ketones (excluding diaryl/α,β-unsaturated/α-hetero) is 1. The molecule has 1 N–H and O–H groups in total. The van der Waals surface area contributed by atoms with Crippen LogP contribution in [-0.2, 0) is 16.0 Å². The van der Waals surface area contributed by atoms with E-state index in [4.69, 9.17) is 5.11 Å². The molecule has 140 valence electrons. The molecule has 0 saturated heterocycles. The second-order valence-corrected chi connectivity index (χ2v) is 7.61. The maximum Gasteiger partial charge on any atom is 0.303 e. The van der Waals surface area contributed by atoms with Crippen LogP contribution >= 0.6 is 0 Å². The van der Waals surface area contributed by atoms with E-state index in [0.717, 1.165) is 25.7 Å². The number of benzene rings is 1. The number of aryl methyl sites for hydroxylation is 1. The highest BCUT2D eigenvalue weighted by atomic mass is 16.4. The number of carboxylic acids is 1. The normalized spacial score (nSPS) is 18.8. The Morgan fingerprint density at radius 3 is 2.58 bits per heavy atom. The molecule has 0 saturated carbocycles. The van der Waals surface area contributed by atoms with Crippen molar-refractivity contribution in [3.05, 3.63) is 59.7 Å². The Kier molecular flexibility index (Phi) is 7.83. The molecule has 1 aliphatic carbocycles. The number of hydrogen-bond donors (Lipinski definition) is 1. The molecule has 26 heavy (non-hydrogen) atoms. The van der Waals surface area contributed by atoms with Crippen molar-refractivity contribution in [1.82, 2.24) is 0 Å². The van der Waals surface area contributed by atoms with Crippen molar-refractivity contribution in [2.45, 2.75) is 52.4 Å². The lowest BCUT2D eigenvalue weighted by Gasteiger charge is -2.23. The van der Waals surface area contributed by atoms with Gasteiger partial charge in [-0.1, -0.05) is 68.0 Å². The predicted molar refractivity (Wildman–Crippen MR) is 105 cm³/mol. The van der Waals surface area contributed by atoms with Gasteiger partial charge in [-0.05, 0) is 43.1 Å². The summed E-state index contributed by atoms with van der Waals surface area (Å²) in [5.74, 6) is -0.302. The standard InChI is InChI=1S/C23H30O3/c1-17(15-23(25)26)14-22(24)21(13-12-19-9-4-3-5-10-19)16-20-11-7-6-8-18(20)2/h3-7,9-11,17-18,21H,8,12-16H2,1-2H3,(H,25,26). The number of rotatable bonds is 10. The molecule has 0 spiro atoms. The highest BCUT2D eigenvalue weighted by Gasteiger charge is 2.24. The van der Waals surface area contributed by atoms with Crippen molar-refractivity contribution in [3.8, 4) is 0 Å². The smallest absolute Gasteiger partial charge is 0.303 e. The largest absolute Gasteiger partial charge is 0.481 e. The van der Waals surface area contributed by atoms with E-state index >= 15 is 0 Å². The van der Waals surface area contributed by atoms with E-state index in [0.29, 0.717) is 12.3 Å². The van der Waals surface area contributed by atoms with Crippen LogP contribution in [0, 0.1) is 17.8 Å². The van der Waals surface area contributed by atoms with Crippen LogP contribution in [0.4, 0.5) is 0 Å². The van der Waals surface area contributed by atoms with Gasteiger partial charge in [0.1, 0.15) is 5.78 Å². The molecule has 1 aromatic carbocycles. The first-order chi connectivity index (χ1) is 12.5. The third kappa shape index (κ3) is 6.62. The van der Waals surface area contributed by atoms with E-state index < -0.39 is 5.97 Å². The summed E-state index contributed by atoms with van der Waals surface area (Å²) in [6.45, 7) is 4.06. The minimum Gasteiger partial charge on any atom is -0.481 e. The Morgan fingerprint density at radius 1 is 1.19 bits per heavy atom. The monoisotopic (exact) mass is 354 g/mol. The molecule has 3 heteroatoms. The van der Waals surface area contributed by atoms with E-state index in [1.807, 2.05) is 25.1 Å². The zero-order chi connectivity index (χ0) is 18.9.